The lowest BCUT2D eigenvalue weighted by molar-refractivity contribution is 0.498. The Hall–Kier alpha value is -2.07. The zero-order valence-corrected chi connectivity index (χ0v) is 15.3. The van der Waals surface area contributed by atoms with Gasteiger partial charge in [-0.3, -0.25) is 0 Å². The minimum atomic E-state index is 0.543. The molecular formula is C20H23N3S. The minimum absolute atomic E-state index is 0.543. The molecule has 0 bridgehead atoms. The van der Waals surface area contributed by atoms with Crippen LogP contribution in [0.4, 0.5) is 0 Å². The minimum Gasteiger partial charge on any atom is -0.302 e. The van der Waals surface area contributed by atoms with Gasteiger partial charge in [0.25, 0.3) is 0 Å². The van der Waals surface area contributed by atoms with E-state index >= 15 is 0 Å². The van der Waals surface area contributed by atoms with Gasteiger partial charge in [-0.05, 0) is 18.4 Å². The van der Waals surface area contributed by atoms with Crippen molar-refractivity contribution in [2.75, 3.05) is 0 Å². The van der Waals surface area contributed by atoms with Gasteiger partial charge >= 0.3 is 0 Å². The molecule has 2 aromatic carbocycles. The van der Waals surface area contributed by atoms with E-state index in [0.717, 1.165) is 28.8 Å². The van der Waals surface area contributed by atoms with Crippen LogP contribution in [-0.4, -0.2) is 14.8 Å². The lowest BCUT2D eigenvalue weighted by atomic mass is 10.2. The molecule has 0 aliphatic rings. The van der Waals surface area contributed by atoms with E-state index in [1.54, 1.807) is 11.8 Å². The van der Waals surface area contributed by atoms with Gasteiger partial charge in [-0.25, -0.2) is 0 Å². The van der Waals surface area contributed by atoms with Crippen LogP contribution in [0.25, 0.3) is 11.4 Å². The van der Waals surface area contributed by atoms with Crippen molar-refractivity contribution in [1.29, 1.82) is 0 Å². The van der Waals surface area contributed by atoms with E-state index in [9.17, 15) is 0 Å². The molecule has 124 valence electrons. The van der Waals surface area contributed by atoms with Crippen molar-refractivity contribution < 1.29 is 0 Å². The van der Waals surface area contributed by atoms with Crippen LogP contribution in [0.5, 0.6) is 0 Å². The first-order chi connectivity index (χ1) is 11.6. The molecule has 0 unspecified atom stereocenters. The van der Waals surface area contributed by atoms with E-state index in [4.69, 9.17) is 0 Å². The molecular weight excluding hydrogens is 314 g/mol. The number of hydrogen-bond acceptors (Lipinski definition) is 3. The van der Waals surface area contributed by atoms with Crippen LogP contribution in [0.1, 0.15) is 25.0 Å². The molecule has 1 aromatic heterocycles. The molecule has 0 saturated carbocycles. The van der Waals surface area contributed by atoms with Gasteiger partial charge in [0.05, 0.1) is 0 Å². The number of thioether (sulfide) groups is 1. The van der Waals surface area contributed by atoms with Gasteiger partial charge in [0, 0.05) is 17.9 Å². The molecule has 0 fully saturated rings. The van der Waals surface area contributed by atoms with Crippen molar-refractivity contribution in [2.24, 2.45) is 5.92 Å². The summed E-state index contributed by atoms with van der Waals surface area (Å²) in [6.07, 6.45) is 0. The summed E-state index contributed by atoms with van der Waals surface area (Å²) in [5, 5.41) is 9.91. The van der Waals surface area contributed by atoms with Crippen molar-refractivity contribution in [1.82, 2.24) is 14.8 Å². The molecule has 24 heavy (non-hydrogen) atoms. The van der Waals surface area contributed by atoms with E-state index in [2.05, 4.69) is 71.9 Å². The zero-order chi connectivity index (χ0) is 16.9. The number of benzene rings is 2. The number of rotatable bonds is 6. The highest BCUT2D eigenvalue weighted by molar-refractivity contribution is 7.98. The number of aromatic nitrogens is 3. The average molecular weight is 337 g/mol. The lowest BCUT2D eigenvalue weighted by Gasteiger charge is -2.12. The summed E-state index contributed by atoms with van der Waals surface area (Å²) in [6.45, 7) is 7.50. The fourth-order valence-electron chi connectivity index (χ4n) is 2.68. The summed E-state index contributed by atoms with van der Waals surface area (Å²) in [6, 6.07) is 18.9. The van der Waals surface area contributed by atoms with Crippen molar-refractivity contribution >= 4 is 11.8 Å². The standard InChI is InChI=1S/C20H23N3S/c1-15(2)13-23-19(18-10-5-4-6-11-18)21-22-20(23)24-14-17-9-7-8-16(3)12-17/h4-12,15H,13-14H2,1-3H3. The predicted molar refractivity (Wildman–Crippen MR) is 101 cm³/mol. The Kier molecular flexibility index (Phi) is 5.36. The molecule has 0 radical (unpaired) electrons. The fourth-order valence-corrected chi connectivity index (χ4v) is 3.57. The van der Waals surface area contributed by atoms with E-state index in [1.807, 2.05) is 18.2 Å². The van der Waals surface area contributed by atoms with E-state index < -0.39 is 0 Å². The summed E-state index contributed by atoms with van der Waals surface area (Å²) >= 11 is 1.76. The highest BCUT2D eigenvalue weighted by atomic mass is 32.2. The summed E-state index contributed by atoms with van der Waals surface area (Å²) < 4.78 is 2.25. The quantitative estimate of drug-likeness (QED) is 0.579. The van der Waals surface area contributed by atoms with Crippen LogP contribution >= 0.6 is 11.8 Å². The molecule has 1 heterocycles. The van der Waals surface area contributed by atoms with Gasteiger partial charge in [-0.1, -0.05) is 85.8 Å². The van der Waals surface area contributed by atoms with Crippen LogP contribution in [0.2, 0.25) is 0 Å². The van der Waals surface area contributed by atoms with E-state index in [0.29, 0.717) is 5.92 Å². The monoisotopic (exact) mass is 337 g/mol. The summed E-state index contributed by atoms with van der Waals surface area (Å²) in [4.78, 5) is 0. The molecule has 0 spiro atoms. The molecule has 0 aliphatic carbocycles. The third-order valence-electron chi connectivity index (χ3n) is 3.75. The third kappa shape index (κ3) is 4.06. The first-order valence-corrected chi connectivity index (χ1v) is 9.29. The van der Waals surface area contributed by atoms with Crippen molar-refractivity contribution in [3.05, 3.63) is 65.7 Å². The number of hydrogen-bond donors (Lipinski definition) is 0. The largest absolute Gasteiger partial charge is 0.302 e. The Labute approximate surface area is 148 Å². The van der Waals surface area contributed by atoms with Crippen molar-refractivity contribution in [3.63, 3.8) is 0 Å². The molecule has 3 nitrogen and oxygen atoms in total. The maximum atomic E-state index is 4.46. The second kappa shape index (κ2) is 7.67. The van der Waals surface area contributed by atoms with Crippen LogP contribution in [0.3, 0.4) is 0 Å². The predicted octanol–water partition coefficient (Wildman–Crippen LogP) is 5.20. The van der Waals surface area contributed by atoms with Crippen LogP contribution in [0, 0.1) is 12.8 Å². The SMILES string of the molecule is Cc1cccc(CSc2nnc(-c3ccccc3)n2CC(C)C)c1. The van der Waals surface area contributed by atoms with Crippen molar-refractivity contribution in [2.45, 2.75) is 38.2 Å². The Morgan fingerprint density at radius 1 is 1.00 bits per heavy atom. The highest BCUT2D eigenvalue weighted by Crippen LogP contribution is 2.27. The number of nitrogens with zero attached hydrogens (tertiary/aromatic N) is 3. The first kappa shape index (κ1) is 16.8. The van der Waals surface area contributed by atoms with Crippen LogP contribution in [-0.2, 0) is 12.3 Å². The Balaban J connectivity index is 1.86. The third-order valence-corrected chi connectivity index (χ3v) is 4.78. The molecule has 0 amide bonds. The zero-order valence-electron chi connectivity index (χ0n) is 14.4. The van der Waals surface area contributed by atoms with Gasteiger partial charge in [-0.15, -0.1) is 10.2 Å². The second-order valence-electron chi connectivity index (χ2n) is 6.45. The maximum Gasteiger partial charge on any atom is 0.191 e. The van der Waals surface area contributed by atoms with Crippen LogP contribution < -0.4 is 0 Å². The second-order valence-corrected chi connectivity index (χ2v) is 7.40. The summed E-state index contributed by atoms with van der Waals surface area (Å²) in [5.41, 5.74) is 3.73. The van der Waals surface area contributed by atoms with Gasteiger partial charge in [-0.2, -0.15) is 0 Å². The van der Waals surface area contributed by atoms with Gasteiger partial charge < -0.3 is 4.57 Å². The highest BCUT2D eigenvalue weighted by Gasteiger charge is 2.15. The van der Waals surface area contributed by atoms with Crippen molar-refractivity contribution in [3.8, 4) is 11.4 Å². The normalized spacial score (nSPS) is 11.2. The molecule has 0 N–H and O–H groups in total. The molecule has 3 aromatic rings. The maximum absolute atomic E-state index is 4.46. The smallest absolute Gasteiger partial charge is 0.191 e. The van der Waals surface area contributed by atoms with Gasteiger partial charge in [0.15, 0.2) is 11.0 Å². The Morgan fingerprint density at radius 2 is 1.79 bits per heavy atom. The summed E-state index contributed by atoms with van der Waals surface area (Å²) in [5.74, 6) is 2.41. The van der Waals surface area contributed by atoms with E-state index in [1.165, 1.54) is 11.1 Å². The molecule has 3 rings (SSSR count). The van der Waals surface area contributed by atoms with E-state index in [-0.39, 0.29) is 0 Å². The number of aryl methyl sites for hydroxylation is 1. The topological polar surface area (TPSA) is 30.7 Å². The average Bonchev–Trinajstić information content (AvgIpc) is 2.96. The van der Waals surface area contributed by atoms with Gasteiger partial charge in [0.1, 0.15) is 0 Å². The molecule has 0 saturated heterocycles. The molecule has 4 heteroatoms. The Morgan fingerprint density at radius 3 is 2.50 bits per heavy atom. The fraction of sp³-hybridized carbons (Fsp3) is 0.300. The molecule has 0 atom stereocenters. The lowest BCUT2D eigenvalue weighted by Crippen LogP contribution is -2.07. The summed E-state index contributed by atoms with van der Waals surface area (Å²) in [7, 11) is 0. The molecule has 0 aliphatic heterocycles. The first-order valence-electron chi connectivity index (χ1n) is 8.30. The van der Waals surface area contributed by atoms with Gasteiger partial charge in [0.2, 0.25) is 0 Å². The Bertz CT molecular complexity index is 794. The van der Waals surface area contributed by atoms with Crippen LogP contribution in [0.15, 0.2) is 59.8 Å².